The van der Waals surface area contributed by atoms with Gasteiger partial charge < -0.3 is 0 Å². The summed E-state index contributed by atoms with van der Waals surface area (Å²) in [5, 5.41) is 10.1. The van der Waals surface area contributed by atoms with Gasteiger partial charge in [-0.1, -0.05) is 0 Å². The molecule has 0 saturated heterocycles. The van der Waals surface area contributed by atoms with Crippen LogP contribution in [0.3, 0.4) is 0 Å². The van der Waals surface area contributed by atoms with E-state index < -0.39 is 20.3 Å². The summed E-state index contributed by atoms with van der Waals surface area (Å²) in [6, 6.07) is 0. The molecule has 0 heterocycles. The molecule has 0 aliphatic heterocycles. The van der Waals surface area contributed by atoms with Crippen molar-refractivity contribution in [2.75, 3.05) is 0 Å². The number of aliphatic hydroxyl groups is 1. The summed E-state index contributed by atoms with van der Waals surface area (Å²) in [4.78, 5) is 0. The summed E-state index contributed by atoms with van der Waals surface area (Å²) in [7, 11) is 0. The first kappa shape index (κ1) is 19.1. The van der Waals surface area contributed by atoms with Gasteiger partial charge in [0.25, 0.3) is 0 Å². The van der Waals surface area contributed by atoms with Crippen molar-refractivity contribution in [3.8, 4) is 0 Å². The van der Waals surface area contributed by atoms with Gasteiger partial charge in [-0.15, -0.1) is 0 Å². The molecule has 3 unspecified atom stereocenters. The summed E-state index contributed by atoms with van der Waals surface area (Å²) in [5.41, 5.74) is 7.09. The van der Waals surface area contributed by atoms with Gasteiger partial charge in [0.1, 0.15) is 0 Å². The first-order valence-electron chi connectivity index (χ1n) is 11.1. The van der Waals surface area contributed by atoms with E-state index in [-0.39, 0.29) is 6.10 Å². The molecule has 2 heteroatoms. The Morgan fingerprint density at radius 3 is 1.88 bits per heavy atom. The van der Waals surface area contributed by atoms with Crippen molar-refractivity contribution in [2.45, 2.75) is 93.2 Å². The van der Waals surface area contributed by atoms with Crippen LogP contribution < -0.4 is 0 Å². The van der Waals surface area contributed by atoms with Crippen LogP contribution in [0.4, 0.5) is 0 Å². The van der Waals surface area contributed by atoms with Crippen molar-refractivity contribution >= 4 is 0 Å². The fourth-order valence-corrected chi connectivity index (χ4v) is 21.6. The van der Waals surface area contributed by atoms with E-state index in [4.69, 9.17) is 0 Å². The minimum absolute atomic E-state index is 0.145. The zero-order valence-corrected chi connectivity index (χ0v) is 19.2. The zero-order chi connectivity index (χ0) is 18.1. The fraction of sp³-hybridized carbons (Fsp3) is 0.667. The molecule has 4 rings (SSSR count). The Hall–Kier alpha value is -0.197. The summed E-state index contributed by atoms with van der Waals surface area (Å²) in [6.07, 6.45) is 22.1. The van der Waals surface area contributed by atoms with E-state index in [9.17, 15) is 5.11 Å². The van der Waals surface area contributed by atoms with Crippen molar-refractivity contribution in [1.29, 1.82) is 0 Å². The number of allylic oxidation sites excluding steroid dienone is 8. The molecule has 1 N–H and O–H groups in total. The van der Waals surface area contributed by atoms with Gasteiger partial charge in [0, 0.05) is 0 Å². The number of aliphatic hydroxyl groups excluding tert-OH is 1. The van der Waals surface area contributed by atoms with E-state index in [1.165, 1.54) is 59.6 Å². The van der Waals surface area contributed by atoms with Crippen LogP contribution in [0, 0.1) is 0 Å². The molecule has 142 valence electrons. The molecule has 0 radical (unpaired) electrons. The third-order valence-corrected chi connectivity index (χ3v) is 22.7. The van der Waals surface area contributed by atoms with Crippen molar-refractivity contribution < 1.29 is 25.4 Å². The second-order valence-corrected chi connectivity index (χ2v) is 21.3. The first-order chi connectivity index (χ1) is 12.7. The second kappa shape index (κ2) is 8.04. The molecular formula is C24H36OZr. The van der Waals surface area contributed by atoms with E-state index >= 15 is 0 Å². The molecule has 4 aliphatic rings. The van der Waals surface area contributed by atoms with Crippen molar-refractivity contribution in [1.82, 2.24) is 0 Å². The monoisotopic (exact) mass is 430 g/mol. The number of hydrogen-bond donors (Lipinski definition) is 1. The third kappa shape index (κ3) is 3.35. The molecule has 0 aromatic carbocycles. The predicted molar refractivity (Wildman–Crippen MR) is 108 cm³/mol. The topological polar surface area (TPSA) is 20.2 Å². The fourth-order valence-electron chi connectivity index (χ4n) is 6.33. The average Bonchev–Trinajstić information content (AvgIpc) is 3.28. The number of hydrogen-bond acceptors (Lipinski definition) is 1. The molecule has 0 fully saturated rings. The Bertz CT molecular complexity index is 616. The minimum atomic E-state index is -2.60. The van der Waals surface area contributed by atoms with E-state index in [0.717, 1.165) is 13.7 Å². The van der Waals surface area contributed by atoms with Crippen LogP contribution in [-0.4, -0.2) is 11.2 Å². The van der Waals surface area contributed by atoms with Crippen LogP contribution in [0.1, 0.15) is 71.6 Å². The molecule has 3 atom stereocenters. The van der Waals surface area contributed by atoms with Gasteiger partial charge in [-0.25, -0.2) is 0 Å². The van der Waals surface area contributed by atoms with E-state index in [1.807, 2.05) is 18.1 Å². The third-order valence-electron chi connectivity index (χ3n) is 7.76. The van der Waals surface area contributed by atoms with Crippen LogP contribution in [0.15, 0.2) is 46.6 Å². The SMILES string of the molecule is C[CH2][Zr]([CH2]CC(C)O)([CH]1C=CC2=C1CCCC2)[CH]1C=CC2=C1CCCC2. The van der Waals surface area contributed by atoms with Crippen LogP contribution in [0.5, 0.6) is 0 Å². The molecule has 0 aromatic rings. The zero-order valence-electron chi connectivity index (χ0n) is 16.8. The quantitative estimate of drug-likeness (QED) is 0.470. The first-order valence-corrected chi connectivity index (χ1v) is 17.5. The van der Waals surface area contributed by atoms with Crippen LogP contribution in [0.25, 0.3) is 0 Å². The van der Waals surface area contributed by atoms with Gasteiger partial charge in [0.15, 0.2) is 0 Å². The Morgan fingerprint density at radius 2 is 1.42 bits per heavy atom. The van der Waals surface area contributed by atoms with Gasteiger partial charge >= 0.3 is 165 Å². The molecule has 0 bridgehead atoms. The van der Waals surface area contributed by atoms with Gasteiger partial charge in [-0.2, -0.15) is 0 Å². The van der Waals surface area contributed by atoms with E-state index in [0.29, 0.717) is 0 Å². The molecule has 0 spiro atoms. The summed E-state index contributed by atoms with van der Waals surface area (Å²) >= 11 is -2.60. The van der Waals surface area contributed by atoms with Gasteiger partial charge in [-0.05, 0) is 0 Å². The summed E-state index contributed by atoms with van der Waals surface area (Å²) < 4.78 is 4.36. The van der Waals surface area contributed by atoms with Crippen molar-refractivity contribution in [3.63, 3.8) is 0 Å². The molecule has 0 aromatic heterocycles. The molecule has 4 aliphatic carbocycles. The van der Waals surface area contributed by atoms with Crippen molar-refractivity contribution in [2.24, 2.45) is 0 Å². The van der Waals surface area contributed by atoms with Crippen molar-refractivity contribution in [3.05, 3.63) is 46.6 Å². The summed E-state index contributed by atoms with van der Waals surface area (Å²) in [5.74, 6) is 0. The maximum atomic E-state index is 10.1. The molecule has 0 saturated carbocycles. The predicted octanol–water partition coefficient (Wildman–Crippen LogP) is 7.23. The Kier molecular flexibility index (Phi) is 5.92. The summed E-state index contributed by atoms with van der Waals surface area (Å²) in [6.45, 7) is 4.50. The Balaban J connectivity index is 1.73. The molecule has 26 heavy (non-hydrogen) atoms. The number of rotatable bonds is 6. The molecular weight excluding hydrogens is 395 g/mol. The maximum absolute atomic E-state index is 10.1. The van der Waals surface area contributed by atoms with Gasteiger partial charge in [0.2, 0.25) is 0 Å². The normalized spacial score (nSPS) is 31.2. The van der Waals surface area contributed by atoms with Crippen LogP contribution >= 0.6 is 0 Å². The van der Waals surface area contributed by atoms with Gasteiger partial charge in [0.05, 0.1) is 0 Å². The Labute approximate surface area is 164 Å². The van der Waals surface area contributed by atoms with Crippen LogP contribution in [0.2, 0.25) is 15.5 Å². The Morgan fingerprint density at radius 1 is 0.923 bits per heavy atom. The average molecular weight is 432 g/mol. The van der Waals surface area contributed by atoms with Crippen LogP contribution in [-0.2, 0) is 20.3 Å². The second-order valence-electron chi connectivity index (χ2n) is 9.16. The standard InChI is InChI=1S/2C9H11.C4H9O.C2H5.Zr/c2*1-2-5-9-7-3-6-8(9)4-1;1-3-4(2)5;1-2;/h2*3,6-7H,1-2,4-5H2;4-5H,1,3H2,2H3;1H2,2H3;. The molecule has 1 nitrogen and oxygen atoms in total. The molecule has 0 amide bonds. The van der Waals surface area contributed by atoms with E-state index in [1.54, 1.807) is 11.1 Å². The van der Waals surface area contributed by atoms with Gasteiger partial charge in [-0.3, -0.25) is 0 Å². The van der Waals surface area contributed by atoms with E-state index in [2.05, 4.69) is 31.2 Å².